The monoisotopic (exact) mass is 366 g/mol. The van der Waals surface area contributed by atoms with E-state index in [4.69, 9.17) is 15.7 Å². The van der Waals surface area contributed by atoms with Crippen LogP contribution in [0.2, 0.25) is 0 Å². The quantitative estimate of drug-likeness (QED) is 0.797. The van der Waals surface area contributed by atoms with E-state index in [1.807, 2.05) is 6.07 Å². The summed E-state index contributed by atoms with van der Waals surface area (Å²) >= 11 is 6.64. The number of hydrogen-bond donors (Lipinski definition) is 1. The van der Waals surface area contributed by atoms with Crippen LogP contribution in [0.25, 0.3) is 0 Å². The minimum Gasteiger partial charge on any atom is -0.454 e. The van der Waals surface area contributed by atoms with Crippen LogP contribution in [-0.2, 0) is 0 Å². The van der Waals surface area contributed by atoms with E-state index >= 15 is 0 Å². The molecule has 2 aromatic carbocycles. The van der Waals surface area contributed by atoms with Gasteiger partial charge in [-0.05, 0) is 46.3 Å². The minimum atomic E-state index is 0.444. The Kier molecular flexibility index (Phi) is 3.90. The molecule has 0 saturated carbocycles. The number of nitrogens with two attached hydrogens (primary N) is 1. The first-order chi connectivity index (χ1) is 8.61. The number of nitrogens with zero attached hydrogens (tertiary/aromatic N) is 1. The van der Waals surface area contributed by atoms with Gasteiger partial charge >= 0.3 is 0 Å². The third-order valence-corrected chi connectivity index (χ3v) is 3.43. The van der Waals surface area contributed by atoms with Crippen molar-refractivity contribution in [3.05, 3.63) is 50.9 Å². The Morgan fingerprint density at radius 3 is 2.56 bits per heavy atom. The van der Waals surface area contributed by atoms with Gasteiger partial charge < -0.3 is 10.5 Å². The van der Waals surface area contributed by atoms with Crippen molar-refractivity contribution in [1.82, 2.24) is 0 Å². The largest absolute Gasteiger partial charge is 0.454 e. The van der Waals surface area contributed by atoms with E-state index in [2.05, 4.69) is 37.9 Å². The van der Waals surface area contributed by atoms with Gasteiger partial charge in [0.1, 0.15) is 23.1 Å². The number of benzene rings is 2. The van der Waals surface area contributed by atoms with E-state index < -0.39 is 0 Å². The van der Waals surface area contributed by atoms with Gasteiger partial charge in [-0.1, -0.05) is 22.0 Å². The third-order valence-electron chi connectivity index (χ3n) is 2.28. The molecule has 5 heteroatoms. The van der Waals surface area contributed by atoms with Crippen molar-refractivity contribution in [3.8, 4) is 17.6 Å². The zero-order chi connectivity index (χ0) is 13.1. The van der Waals surface area contributed by atoms with Crippen molar-refractivity contribution in [1.29, 1.82) is 5.26 Å². The fraction of sp³-hybridized carbons (Fsp3) is 0. The number of halogens is 2. The highest BCUT2D eigenvalue weighted by Crippen LogP contribution is 2.33. The van der Waals surface area contributed by atoms with Crippen LogP contribution in [0.15, 0.2) is 45.3 Å². The van der Waals surface area contributed by atoms with Crippen LogP contribution in [0, 0.1) is 11.3 Å². The maximum atomic E-state index is 9.09. The Morgan fingerprint density at radius 2 is 1.89 bits per heavy atom. The maximum Gasteiger partial charge on any atom is 0.150 e. The summed E-state index contributed by atoms with van der Waals surface area (Å²) in [6, 6.07) is 12.7. The number of anilines is 1. The second-order valence-electron chi connectivity index (χ2n) is 3.51. The predicted molar refractivity (Wildman–Crippen MR) is 77.5 cm³/mol. The van der Waals surface area contributed by atoms with Crippen LogP contribution in [0.4, 0.5) is 5.69 Å². The third kappa shape index (κ3) is 2.66. The van der Waals surface area contributed by atoms with Crippen molar-refractivity contribution >= 4 is 37.5 Å². The standard InChI is InChI=1S/C13H8Br2N2O/c14-8-4-5-13(11(17)6-8)18-12-3-1-2-10(15)9(12)7-16/h1-6H,17H2. The summed E-state index contributed by atoms with van der Waals surface area (Å²) in [5.74, 6) is 0.994. The molecule has 0 spiro atoms. The molecule has 90 valence electrons. The second kappa shape index (κ2) is 5.42. The number of rotatable bonds is 2. The van der Waals surface area contributed by atoms with Gasteiger partial charge in [0.05, 0.1) is 5.69 Å². The average molecular weight is 368 g/mol. The van der Waals surface area contributed by atoms with E-state index in [9.17, 15) is 0 Å². The highest BCUT2D eigenvalue weighted by Gasteiger charge is 2.09. The highest BCUT2D eigenvalue weighted by atomic mass is 79.9. The normalized spacial score (nSPS) is 9.83. The molecule has 0 bridgehead atoms. The van der Waals surface area contributed by atoms with Crippen molar-refractivity contribution in [2.45, 2.75) is 0 Å². The van der Waals surface area contributed by atoms with E-state index in [1.165, 1.54) is 0 Å². The number of ether oxygens (including phenoxy) is 1. The smallest absolute Gasteiger partial charge is 0.150 e. The van der Waals surface area contributed by atoms with Gasteiger partial charge in [0, 0.05) is 8.95 Å². The van der Waals surface area contributed by atoms with Gasteiger partial charge in [-0.15, -0.1) is 0 Å². The molecule has 0 saturated heterocycles. The fourth-order valence-corrected chi connectivity index (χ4v) is 2.24. The van der Waals surface area contributed by atoms with Crippen LogP contribution in [-0.4, -0.2) is 0 Å². The van der Waals surface area contributed by atoms with Crippen LogP contribution < -0.4 is 10.5 Å². The summed E-state index contributed by atoms with van der Waals surface area (Å²) in [6.07, 6.45) is 0. The van der Waals surface area contributed by atoms with Gasteiger partial charge in [0.15, 0.2) is 0 Å². The zero-order valence-electron chi connectivity index (χ0n) is 9.15. The lowest BCUT2D eigenvalue weighted by molar-refractivity contribution is 0.483. The molecule has 0 heterocycles. The number of nitriles is 1. The molecule has 0 aliphatic carbocycles. The van der Waals surface area contributed by atoms with Crippen molar-refractivity contribution < 1.29 is 4.74 Å². The summed E-state index contributed by atoms with van der Waals surface area (Å²) in [7, 11) is 0. The van der Waals surface area contributed by atoms with E-state index in [-0.39, 0.29) is 0 Å². The van der Waals surface area contributed by atoms with E-state index in [0.29, 0.717) is 27.2 Å². The van der Waals surface area contributed by atoms with Gasteiger partial charge in [-0.3, -0.25) is 0 Å². The molecule has 0 amide bonds. The zero-order valence-corrected chi connectivity index (χ0v) is 12.3. The van der Waals surface area contributed by atoms with Gasteiger partial charge in [-0.25, -0.2) is 0 Å². The molecule has 0 atom stereocenters. The van der Waals surface area contributed by atoms with Gasteiger partial charge in [-0.2, -0.15) is 5.26 Å². The van der Waals surface area contributed by atoms with Gasteiger partial charge in [0.2, 0.25) is 0 Å². The van der Waals surface area contributed by atoms with Crippen LogP contribution in [0.5, 0.6) is 11.5 Å². The Hall–Kier alpha value is -1.51. The molecule has 18 heavy (non-hydrogen) atoms. The fourth-order valence-electron chi connectivity index (χ4n) is 1.43. The van der Waals surface area contributed by atoms with E-state index in [1.54, 1.807) is 30.3 Å². The molecule has 0 fully saturated rings. The first kappa shape index (κ1) is 12.9. The summed E-state index contributed by atoms with van der Waals surface area (Å²) in [6.45, 7) is 0. The molecule has 0 aliphatic heterocycles. The first-order valence-electron chi connectivity index (χ1n) is 5.03. The average Bonchev–Trinajstić information content (AvgIpc) is 2.33. The first-order valence-corrected chi connectivity index (χ1v) is 6.62. The molecular formula is C13H8Br2N2O. The lowest BCUT2D eigenvalue weighted by Crippen LogP contribution is -1.94. The van der Waals surface area contributed by atoms with Crippen LogP contribution >= 0.6 is 31.9 Å². The molecule has 0 radical (unpaired) electrons. The molecule has 2 aromatic rings. The molecule has 2 N–H and O–H groups in total. The molecule has 3 nitrogen and oxygen atoms in total. The topological polar surface area (TPSA) is 59.0 Å². The Morgan fingerprint density at radius 1 is 1.11 bits per heavy atom. The number of hydrogen-bond acceptors (Lipinski definition) is 3. The summed E-state index contributed by atoms with van der Waals surface area (Å²) < 4.78 is 7.24. The number of nitrogen functional groups attached to an aromatic ring is 1. The lowest BCUT2D eigenvalue weighted by Gasteiger charge is -2.10. The van der Waals surface area contributed by atoms with Gasteiger partial charge in [0.25, 0.3) is 0 Å². The summed E-state index contributed by atoms with van der Waals surface area (Å²) in [5, 5.41) is 9.09. The molecular weight excluding hydrogens is 360 g/mol. The van der Waals surface area contributed by atoms with Crippen molar-refractivity contribution in [3.63, 3.8) is 0 Å². The Balaban J connectivity index is 2.41. The molecule has 0 aliphatic rings. The summed E-state index contributed by atoms with van der Waals surface area (Å²) in [4.78, 5) is 0. The lowest BCUT2D eigenvalue weighted by atomic mass is 10.2. The van der Waals surface area contributed by atoms with Crippen molar-refractivity contribution in [2.75, 3.05) is 5.73 Å². The SMILES string of the molecule is N#Cc1c(Br)cccc1Oc1ccc(Br)cc1N. The van der Waals surface area contributed by atoms with Crippen LogP contribution in [0.3, 0.4) is 0 Å². The maximum absolute atomic E-state index is 9.09. The van der Waals surface area contributed by atoms with E-state index in [0.717, 1.165) is 4.47 Å². The Labute approximate surface area is 121 Å². The van der Waals surface area contributed by atoms with Crippen molar-refractivity contribution in [2.24, 2.45) is 0 Å². The predicted octanol–water partition coefficient (Wildman–Crippen LogP) is 4.46. The molecule has 0 unspecified atom stereocenters. The minimum absolute atomic E-state index is 0.444. The summed E-state index contributed by atoms with van der Waals surface area (Å²) in [5.41, 5.74) is 6.80. The second-order valence-corrected chi connectivity index (χ2v) is 5.28. The highest BCUT2D eigenvalue weighted by molar-refractivity contribution is 9.10. The Bertz CT molecular complexity index is 635. The molecule has 0 aromatic heterocycles. The van der Waals surface area contributed by atoms with Crippen LogP contribution in [0.1, 0.15) is 5.56 Å². The molecule has 2 rings (SSSR count).